The number of benzene rings is 3. The van der Waals surface area contributed by atoms with Crippen LogP contribution in [0.3, 0.4) is 0 Å². The van der Waals surface area contributed by atoms with Crippen LogP contribution in [-0.2, 0) is 17.6 Å². The minimum Gasteiger partial charge on any atom is -0.399 e. The van der Waals surface area contributed by atoms with E-state index in [0.29, 0.717) is 23.5 Å². The lowest BCUT2D eigenvalue weighted by atomic mass is 9.99. The van der Waals surface area contributed by atoms with Crippen molar-refractivity contribution in [3.05, 3.63) is 108 Å². The van der Waals surface area contributed by atoms with Crippen molar-refractivity contribution in [3.63, 3.8) is 0 Å². The second kappa shape index (κ2) is 9.19. The highest BCUT2D eigenvalue weighted by molar-refractivity contribution is 6.09. The average molecular weight is 449 g/mol. The van der Waals surface area contributed by atoms with Crippen LogP contribution in [0, 0.1) is 0 Å². The van der Waals surface area contributed by atoms with Gasteiger partial charge in [-0.25, -0.2) is 0 Å². The zero-order valence-electron chi connectivity index (χ0n) is 18.6. The molecule has 0 radical (unpaired) electrons. The zero-order chi connectivity index (χ0) is 23.5. The van der Waals surface area contributed by atoms with E-state index in [9.17, 15) is 9.59 Å². The highest BCUT2D eigenvalue weighted by atomic mass is 16.2. The third-order valence-electron chi connectivity index (χ3n) is 5.99. The molecule has 0 saturated heterocycles. The van der Waals surface area contributed by atoms with Crippen molar-refractivity contribution in [2.45, 2.75) is 12.8 Å². The van der Waals surface area contributed by atoms with Crippen LogP contribution in [0.1, 0.15) is 21.6 Å². The minimum absolute atomic E-state index is 0.0201. The fraction of sp³-hybridized carbons (Fsp3) is 0.107. The number of nitrogen functional groups attached to an aromatic ring is 1. The first kappa shape index (κ1) is 21.4. The maximum Gasteiger partial charge on any atom is 0.256 e. The summed E-state index contributed by atoms with van der Waals surface area (Å²) in [5, 5.41) is 3.02. The van der Waals surface area contributed by atoms with Gasteiger partial charge in [0.25, 0.3) is 5.91 Å². The molecule has 1 aliphatic heterocycles. The number of pyridine rings is 1. The molecule has 4 aromatic rings. The van der Waals surface area contributed by atoms with Gasteiger partial charge in [0, 0.05) is 41.1 Å². The topological polar surface area (TPSA) is 88.3 Å². The van der Waals surface area contributed by atoms with Crippen LogP contribution >= 0.6 is 0 Å². The monoisotopic (exact) mass is 448 g/mol. The van der Waals surface area contributed by atoms with E-state index in [1.165, 1.54) is 0 Å². The van der Waals surface area contributed by atoms with Gasteiger partial charge in [0.05, 0.1) is 6.42 Å². The standard InChI is InChI=1S/C28H24N4O2/c29-21-10-8-19(9-11-21)24-6-1-2-7-25(24)28(34)31-23-12-13-26-20(17-23)14-16-32(26)27(33)18-22-5-3-4-15-30-22/h1-13,15,17H,14,16,18,29H2,(H,31,34). The summed E-state index contributed by atoms with van der Waals surface area (Å²) in [6, 6.07) is 26.2. The van der Waals surface area contributed by atoms with Crippen LogP contribution in [0.25, 0.3) is 11.1 Å². The molecule has 0 bridgehead atoms. The van der Waals surface area contributed by atoms with Gasteiger partial charge in [0.1, 0.15) is 0 Å². The van der Waals surface area contributed by atoms with Crippen LogP contribution in [0.5, 0.6) is 0 Å². The van der Waals surface area contributed by atoms with E-state index in [0.717, 1.165) is 34.5 Å². The molecular formula is C28H24N4O2. The van der Waals surface area contributed by atoms with Crippen molar-refractivity contribution in [1.82, 2.24) is 4.98 Å². The molecule has 34 heavy (non-hydrogen) atoms. The Bertz CT molecular complexity index is 1350. The highest BCUT2D eigenvalue weighted by Gasteiger charge is 2.25. The van der Waals surface area contributed by atoms with Crippen LogP contribution < -0.4 is 16.0 Å². The number of aromatic nitrogens is 1. The first-order valence-electron chi connectivity index (χ1n) is 11.2. The fourth-order valence-electron chi connectivity index (χ4n) is 4.29. The molecule has 3 aromatic carbocycles. The summed E-state index contributed by atoms with van der Waals surface area (Å²) in [4.78, 5) is 32.0. The van der Waals surface area contributed by atoms with Gasteiger partial charge in [-0.1, -0.05) is 36.4 Å². The Morgan fingerprint density at radius 1 is 0.941 bits per heavy atom. The van der Waals surface area contributed by atoms with E-state index in [4.69, 9.17) is 5.73 Å². The number of nitrogens with one attached hydrogen (secondary N) is 1. The van der Waals surface area contributed by atoms with E-state index >= 15 is 0 Å². The second-order valence-electron chi connectivity index (χ2n) is 8.26. The number of rotatable bonds is 5. The largest absolute Gasteiger partial charge is 0.399 e. The van der Waals surface area contributed by atoms with E-state index < -0.39 is 0 Å². The van der Waals surface area contributed by atoms with Gasteiger partial charge < -0.3 is 16.0 Å². The summed E-state index contributed by atoms with van der Waals surface area (Å²) in [6.45, 7) is 0.623. The molecule has 1 aliphatic rings. The molecule has 6 heteroatoms. The quantitative estimate of drug-likeness (QED) is 0.433. The first-order chi connectivity index (χ1) is 16.6. The van der Waals surface area contributed by atoms with Gasteiger partial charge >= 0.3 is 0 Å². The SMILES string of the molecule is Nc1ccc(-c2ccccc2C(=O)Nc2ccc3c(c2)CCN3C(=O)Cc2ccccn2)cc1. The molecule has 6 nitrogen and oxygen atoms in total. The number of hydrogen-bond donors (Lipinski definition) is 2. The first-order valence-corrected chi connectivity index (χ1v) is 11.2. The summed E-state index contributed by atoms with van der Waals surface area (Å²) < 4.78 is 0. The average Bonchev–Trinajstić information content (AvgIpc) is 3.29. The molecule has 168 valence electrons. The Kier molecular flexibility index (Phi) is 5.79. The van der Waals surface area contributed by atoms with Crippen molar-refractivity contribution < 1.29 is 9.59 Å². The summed E-state index contributed by atoms with van der Waals surface area (Å²) >= 11 is 0. The number of hydrogen-bond acceptors (Lipinski definition) is 4. The fourth-order valence-corrected chi connectivity index (χ4v) is 4.29. The molecule has 2 heterocycles. The lowest BCUT2D eigenvalue weighted by Crippen LogP contribution is -2.30. The molecule has 0 saturated carbocycles. The van der Waals surface area contributed by atoms with Gasteiger partial charge in [0.15, 0.2) is 0 Å². The molecule has 1 aromatic heterocycles. The summed E-state index contributed by atoms with van der Waals surface area (Å²) in [5.74, 6) is -0.167. The van der Waals surface area contributed by atoms with E-state index in [2.05, 4.69) is 10.3 Å². The Morgan fingerprint density at radius 2 is 1.74 bits per heavy atom. The van der Waals surface area contributed by atoms with E-state index in [-0.39, 0.29) is 18.2 Å². The summed E-state index contributed by atoms with van der Waals surface area (Å²) in [6.07, 6.45) is 2.70. The van der Waals surface area contributed by atoms with Gasteiger partial charge in [-0.3, -0.25) is 14.6 Å². The maximum atomic E-state index is 13.1. The van der Waals surface area contributed by atoms with E-state index in [1.807, 2.05) is 84.9 Å². The highest BCUT2D eigenvalue weighted by Crippen LogP contribution is 2.32. The van der Waals surface area contributed by atoms with Gasteiger partial charge in [-0.15, -0.1) is 0 Å². The number of nitrogens with zero attached hydrogens (tertiary/aromatic N) is 2. The smallest absolute Gasteiger partial charge is 0.256 e. The summed E-state index contributed by atoms with van der Waals surface area (Å²) in [5.41, 5.74) is 12.2. The predicted octanol–water partition coefficient (Wildman–Crippen LogP) is 4.71. The number of amides is 2. The molecule has 3 N–H and O–H groups in total. The third-order valence-corrected chi connectivity index (χ3v) is 5.99. The Labute approximate surface area is 198 Å². The molecular weight excluding hydrogens is 424 g/mol. The lowest BCUT2D eigenvalue weighted by molar-refractivity contribution is -0.117. The van der Waals surface area contributed by atoms with Crippen LogP contribution in [0.4, 0.5) is 17.1 Å². The Balaban J connectivity index is 1.33. The number of carbonyl (C=O) groups excluding carboxylic acids is 2. The van der Waals surface area contributed by atoms with Crippen LogP contribution in [0.15, 0.2) is 91.1 Å². The zero-order valence-corrected chi connectivity index (χ0v) is 18.6. The minimum atomic E-state index is -0.187. The molecule has 0 aliphatic carbocycles. The second-order valence-corrected chi connectivity index (χ2v) is 8.26. The molecule has 5 rings (SSSR count). The predicted molar refractivity (Wildman–Crippen MR) is 135 cm³/mol. The number of carbonyl (C=O) groups is 2. The molecule has 0 spiro atoms. The Morgan fingerprint density at radius 3 is 2.53 bits per heavy atom. The summed E-state index contributed by atoms with van der Waals surface area (Å²) in [7, 11) is 0. The molecule has 2 amide bonds. The Hall–Kier alpha value is -4.45. The van der Waals surface area contributed by atoms with Gasteiger partial charge in [-0.2, -0.15) is 0 Å². The molecule has 0 atom stereocenters. The van der Waals surface area contributed by atoms with Crippen molar-refractivity contribution in [3.8, 4) is 11.1 Å². The van der Waals surface area contributed by atoms with Gasteiger partial charge in [-0.05, 0) is 71.6 Å². The van der Waals surface area contributed by atoms with Crippen molar-refractivity contribution in [1.29, 1.82) is 0 Å². The van der Waals surface area contributed by atoms with Crippen molar-refractivity contribution in [2.24, 2.45) is 0 Å². The third kappa shape index (κ3) is 4.38. The number of anilines is 3. The van der Waals surface area contributed by atoms with E-state index in [1.54, 1.807) is 11.1 Å². The van der Waals surface area contributed by atoms with Crippen molar-refractivity contribution >= 4 is 28.9 Å². The molecule has 0 unspecified atom stereocenters. The van der Waals surface area contributed by atoms with Crippen LogP contribution in [-0.4, -0.2) is 23.3 Å². The van der Waals surface area contributed by atoms with Crippen molar-refractivity contribution in [2.75, 3.05) is 22.5 Å². The maximum absolute atomic E-state index is 13.1. The molecule has 0 fully saturated rings. The lowest BCUT2D eigenvalue weighted by Gasteiger charge is -2.17. The number of fused-ring (bicyclic) bond motifs is 1. The van der Waals surface area contributed by atoms with Gasteiger partial charge in [0.2, 0.25) is 5.91 Å². The number of nitrogens with two attached hydrogens (primary N) is 1. The van der Waals surface area contributed by atoms with Crippen LogP contribution in [0.2, 0.25) is 0 Å². The normalized spacial score (nSPS) is 12.3.